The van der Waals surface area contributed by atoms with Crippen molar-refractivity contribution in [3.05, 3.63) is 70.7 Å². The highest BCUT2D eigenvalue weighted by molar-refractivity contribution is 7.15. The maximum atomic E-state index is 13.4. The van der Waals surface area contributed by atoms with Crippen molar-refractivity contribution in [2.75, 3.05) is 18.4 Å². The molecular formula is C20H17F2N3OS. The van der Waals surface area contributed by atoms with Gasteiger partial charge in [0.25, 0.3) is 0 Å². The molecule has 4 nitrogen and oxygen atoms in total. The van der Waals surface area contributed by atoms with Gasteiger partial charge in [-0.2, -0.15) is 0 Å². The Morgan fingerprint density at radius 2 is 1.96 bits per heavy atom. The lowest BCUT2D eigenvalue weighted by Crippen LogP contribution is -2.36. The van der Waals surface area contributed by atoms with Crippen LogP contribution >= 0.6 is 11.3 Å². The van der Waals surface area contributed by atoms with Crippen LogP contribution in [0.3, 0.4) is 0 Å². The number of halogens is 2. The highest BCUT2D eigenvalue weighted by Gasteiger charge is 2.22. The predicted octanol–water partition coefficient (Wildman–Crippen LogP) is 4.09. The molecule has 1 aliphatic rings. The van der Waals surface area contributed by atoms with E-state index < -0.39 is 0 Å². The maximum Gasteiger partial charge on any atom is 0.238 e. The molecule has 1 N–H and O–H groups in total. The van der Waals surface area contributed by atoms with Crippen molar-refractivity contribution < 1.29 is 13.6 Å². The first-order chi connectivity index (χ1) is 13.1. The van der Waals surface area contributed by atoms with Crippen LogP contribution in [0.15, 0.2) is 48.5 Å². The molecule has 1 aromatic heterocycles. The monoisotopic (exact) mass is 385 g/mol. The minimum atomic E-state index is -0.337. The average molecular weight is 385 g/mol. The zero-order valence-corrected chi connectivity index (χ0v) is 15.2. The molecule has 1 aliphatic heterocycles. The van der Waals surface area contributed by atoms with Crippen molar-refractivity contribution in [1.29, 1.82) is 0 Å². The number of nitrogens with one attached hydrogen (secondary N) is 1. The first-order valence-electron chi connectivity index (χ1n) is 8.59. The van der Waals surface area contributed by atoms with Gasteiger partial charge in [-0.05, 0) is 36.4 Å². The summed E-state index contributed by atoms with van der Waals surface area (Å²) < 4.78 is 26.4. The second-order valence-electron chi connectivity index (χ2n) is 6.41. The molecule has 0 fully saturated rings. The normalized spacial score (nSPS) is 14.0. The molecule has 2 heterocycles. The van der Waals surface area contributed by atoms with Crippen molar-refractivity contribution in [3.8, 4) is 10.6 Å². The van der Waals surface area contributed by atoms with Crippen LogP contribution in [-0.4, -0.2) is 28.9 Å². The molecule has 3 aromatic rings. The molecule has 0 saturated heterocycles. The van der Waals surface area contributed by atoms with Gasteiger partial charge in [-0.25, -0.2) is 13.8 Å². The van der Waals surface area contributed by atoms with Crippen LogP contribution in [0, 0.1) is 11.6 Å². The van der Waals surface area contributed by atoms with E-state index in [1.54, 1.807) is 17.4 Å². The van der Waals surface area contributed by atoms with E-state index in [0.717, 1.165) is 34.1 Å². The fourth-order valence-corrected chi connectivity index (χ4v) is 4.21. The van der Waals surface area contributed by atoms with Crippen LogP contribution in [0.25, 0.3) is 10.6 Å². The molecule has 138 valence electrons. The summed E-state index contributed by atoms with van der Waals surface area (Å²) in [6.07, 6.45) is 0.755. The summed E-state index contributed by atoms with van der Waals surface area (Å²) in [6.45, 7) is 1.62. The number of carbonyl (C=O) groups is 1. The molecule has 0 aliphatic carbocycles. The first kappa shape index (κ1) is 17.8. The number of hydrogen-bond donors (Lipinski definition) is 1. The molecule has 0 atom stereocenters. The third-order valence-electron chi connectivity index (χ3n) is 4.38. The van der Waals surface area contributed by atoms with Crippen molar-refractivity contribution >= 4 is 22.9 Å². The van der Waals surface area contributed by atoms with Crippen molar-refractivity contribution in [1.82, 2.24) is 9.88 Å². The first-order valence-corrected chi connectivity index (χ1v) is 9.41. The topological polar surface area (TPSA) is 45.2 Å². The summed E-state index contributed by atoms with van der Waals surface area (Å²) in [5.41, 5.74) is 2.37. The van der Waals surface area contributed by atoms with Crippen LogP contribution < -0.4 is 5.32 Å². The highest BCUT2D eigenvalue weighted by atomic mass is 32.1. The Kier molecular flexibility index (Phi) is 4.96. The lowest BCUT2D eigenvalue weighted by Gasteiger charge is -2.25. The molecule has 0 radical (unpaired) electrons. The minimum absolute atomic E-state index is 0.139. The van der Waals surface area contributed by atoms with Gasteiger partial charge >= 0.3 is 0 Å². The van der Waals surface area contributed by atoms with Gasteiger partial charge in [0.15, 0.2) is 0 Å². The van der Waals surface area contributed by atoms with Gasteiger partial charge in [-0.3, -0.25) is 9.69 Å². The lowest BCUT2D eigenvalue weighted by atomic mass is 10.1. The van der Waals surface area contributed by atoms with Crippen molar-refractivity contribution in [3.63, 3.8) is 0 Å². The molecule has 4 rings (SSSR count). The van der Waals surface area contributed by atoms with E-state index in [1.165, 1.54) is 36.4 Å². The highest BCUT2D eigenvalue weighted by Crippen LogP contribution is 2.31. The molecule has 0 unspecified atom stereocenters. The van der Waals surface area contributed by atoms with E-state index >= 15 is 0 Å². The Labute approximate surface area is 159 Å². The molecule has 27 heavy (non-hydrogen) atoms. The van der Waals surface area contributed by atoms with Crippen molar-refractivity contribution in [2.24, 2.45) is 0 Å². The molecule has 2 aromatic carbocycles. The predicted molar refractivity (Wildman–Crippen MR) is 102 cm³/mol. The largest absolute Gasteiger partial charge is 0.325 e. The Bertz CT molecular complexity index is 972. The number of hydrogen-bond acceptors (Lipinski definition) is 4. The number of thiazole rings is 1. The van der Waals surface area contributed by atoms with Crippen LogP contribution in [0.5, 0.6) is 0 Å². The van der Waals surface area contributed by atoms with Gasteiger partial charge in [0.05, 0.1) is 12.2 Å². The molecule has 0 spiro atoms. The van der Waals surface area contributed by atoms with Gasteiger partial charge in [0.2, 0.25) is 5.91 Å². The number of nitrogens with zero attached hydrogens (tertiary/aromatic N) is 2. The second-order valence-corrected chi connectivity index (χ2v) is 7.50. The zero-order chi connectivity index (χ0) is 18.8. The Hall–Kier alpha value is -2.64. The van der Waals surface area contributed by atoms with Gasteiger partial charge in [0, 0.05) is 35.6 Å². The van der Waals surface area contributed by atoms with E-state index in [4.69, 9.17) is 0 Å². The molecule has 0 bridgehead atoms. The molecular weight excluding hydrogens is 368 g/mol. The fourth-order valence-electron chi connectivity index (χ4n) is 3.07. The van der Waals surface area contributed by atoms with E-state index in [2.05, 4.69) is 15.2 Å². The summed E-state index contributed by atoms with van der Waals surface area (Å²) >= 11 is 1.54. The number of anilines is 1. The quantitative estimate of drug-likeness (QED) is 0.736. The molecule has 1 amide bonds. The summed E-state index contributed by atoms with van der Waals surface area (Å²) in [6, 6.07) is 12.1. The Morgan fingerprint density at radius 3 is 2.74 bits per heavy atom. The van der Waals surface area contributed by atoms with Crippen LogP contribution in [0.2, 0.25) is 0 Å². The Morgan fingerprint density at radius 1 is 1.15 bits per heavy atom. The van der Waals surface area contributed by atoms with Gasteiger partial charge < -0.3 is 5.32 Å². The number of amides is 1. The number of fused-ring (bicyclic) bond motifs is 1. The molecule has 0 saturated carbocycles. The third kappa shape index (κ3) is 4.20. The van der Waals surface area contributed by atoms with Crippen LogP contribution in [0.4, 0.5) is 14.5 Å². The van der Waals surface area contributed by atoms with Gasteiger partial charge in [-0.1, -0.05) is 12.1 Å². The minimum Gasteiger partial charge on any atom is -0.325 e. The smallest absolute Gasteiger partial charge is 0.238 e. The standard InChI is InChI=1S/C20H17F2N3OS/c21-14-4-6-16(7-5-14)23-19(26)12-25-9-8-17-18(11-25)27-20(24-17)13-2-1-3-15(22)10-13/h1-7,10H,8-9,11-12H2,(H,23,26). The summed E-state index contributed by atoms with van der Waals surface area (Å²) in [5.74, 6) is -0.754. The SMILES string of the molecule is O=C(CN1CCc2nc(-c3cccc(F)c3)sc2C1)Nc1ccc(F)cc1. The third-order valence-corrected chi connectivity index (χ3v) is 5.51. The number of rotatable bonds is 4. The Balaban J connectivity index is 1.41. The van der Waals surface area contributed by atoms with E-state index in [1.807, 2.05) is 6.07 Å². The van der Waals surface area contributed by atoms with E-state index in [-0.39, 0.29) is 24.1 Å². The van der Waals surface area contributed by atoms with Gasteiger partial charge in [0.1, 0.15) is 16.6 Å². The summed E-state index contributed by atoms with van der Waals surface area (Å²) in [5, 5.41) is 3.58. The number of aromatic nitrogens is 1. The second kappa shape index (κ2) is 7.54. The summed E-state index contributed by atoms with van der Waals surface area (Å²) in [4.78, 5) is 20.0. The van der Waals surface area contributed by atoms with Crippen LogP contribution in [-0.2, 0) is 17.8 Å². The zero-order valence-electron chi connectivity index (χ0n) is 14.4. The lowest BCUT2D eigenvalue weighted by molar-refractivity contribution is -0.117. The van der Waals surface area contributed by atoms with E-state index in [9.17, 15) is 13.6 Å². The number of carbonyl (C=O) groups excluding carboxylic acids is 1. The number of benzene rings is 2. The fraction of sp³-hybridized carbons (Fsp3) is 0.200. The molecule has 7 heteroatoms. The van der Waals surface area contributed by atoms with E-state index in [0.29, 0.717) is 12.2 Å². The average Bonchev–Trinajstić information content (AvgIpc) is 3.07. The van der Waals surface area contributed by atoms with Crippen molar-refractivity contribution in [2.45, 2.75) is 13.0 Å². The van der Waals surface area contributed by atoms with Crippen LogP contribution in [0.1, 0.15) is 10.6 Å². The maximum absolute atomic E-state index is 13.4. The summed E-state index contributed by atoms with van der Waals surface area (Å²) in [7, 11) is 0. The van der Waals surface area contributed by atoms with Gasteiger partial charge in [-0.15, -0.1) is 11.3 Å².